The maximum atomic E-state index is 4.88. The molecule has 28 heavy (non-hydrogen) atoms. The molecule has 0 radical (unpaired) electrons. The van der Waals surface area contributed by atoms with Crippen molar-refractivity contribution in [3.63, 3.8) is 0 Å². The summed E-state index contributed by atoms with van der Waals surface area (Å²) in [6.45, 7) is 4.56. The molecule has 2 aliphatic rings. The fourth-order valence-electron chi connectivity index (χ4n) is 3.89. The van der Waals surface area contributed by atoms with Crippen LogP contribution in [0.3, 0.4) is 0 Å². The Bertz CT molecular complexity index is 1090. The van der Waals surface area contributed by atoms with E-state index in [4.69, 9.17) is 5.10 Å². The second-order valence-electron chi connectivity index (χ2n) is 7.10. The Balaban J connectivity index is 0.00000112. The molecular formula is C23H20Cl2N2Zr. The first kappa shape index (κ1) is 21.3. The summed E-state index contributed by atoms with van der Waals surface area (Å²) in [4.78, 5) is 0. The number of benzene rings is 2. The van der Waals surface area contributed by atoms with E-state index < -0.39 is 23.2 Å². The number of aromatic nitrogens is 2. The molecule has 0 N–H and O–H groups in total. The van der Waals surface area contributed by atoms with Gasteiger partial charge in [0.1, 0.15) is 0 Å². The smallest absolute Gasteiger partial charge is 1.00 e. The summed E-state index contributed by atoms with van der Waals surface area (Å²) in [6.07, 6.45) is 8.12. The Hall–Kier alpha value is -1.41. The first-order valence-electron chi connectivity index (χ1n) is 9.09. The zero-order valence-corrected chi connectivity index (χ0v) is 19.8. The molecule has 0 aliphatic heterocycles. The molecule has 1 heterocycles. The van der Waals surface area contributed by atoms with Crippen LogP contribution in [0.2, 0.25) is 0 Å². The molecule has 1 atom stereocenters. The fraction of sp³-hybridized carbons (Fsp3) is 0.174. The van der Waals surface area contributed by atoms with E-state index in [-0.39, 0.29) is 24.8 Å². The molecule has 2 aromatic carbocycles. The van der Waals surface area contributed by atoms with Crippen LogP contribution in [-0.2, 0) is 23.2 Å². The van der Waals surface area contributed by atoms with E-state index in [2.05, 4.69) is 85.4 Å². The number of halogens is 2. The summed E-state index contributed by atoms with van der Waals surface area (Å²) in [5.74, 6) is 0. The number of fused-ring (bicyclic) bond motifs is 2. The van der Waals surface area contributed by atoms with Gasteiger partial charge in [-0.2, -0.15) is 0 Å². The third-order valence-corrected chi connectivity index (χ3v) is 10.0. The van der Waals surface area contributed by atoms with Gasteiger partial charge >= 0.3 is 166 Å². The minimum absolute atomic E-state index is 0. The number of hydrogen-bond acceptors (Lipinski definition) is 1. The molecule has 1 unspecified atom stereocenters. The summed E-state index contributed by atoms with van der Waals surface area (Å²) >= 11 is -0.793. The SMILES string of the molecule is CC1=CC[C]([Zr+2][CH]2C(n3cc4ccccc4n3)=Cc3ccccc32)=C1C.[Cl-].[Cl-]. The molecular weight excluding hydrogens is 466 g/mol. The van der Waals surface area contributed by atoms with Crippen LogP contribution >= 0.6 is 0 Å². The molecule has 0 amide bonds. The minimum atomic E-state index is -0.793. The Kier molecular flexibility index (Phi) is 6.49. The van der Waals surface area contributed by atoms with Crippen molar-refractivity contribution in [1.29, 1.82) is 0 Å². The summed E-state index contributed by atoms with van der Waals surface area (Å²) in [5, 5.41) is 6.09. The van der Waals surface area contributed by atoms with Crippen molar-refractivity contribution in [1.82, 2.24) is 9.78 Å². The zero-order chi connectivity index (χ0) is 17.7. The van der Waals surface area contributed by atoms with E-state index in [1.807, 2.05) is 0 Å². The van der Waals surface area contributed by atoms with Crippen LogP contribution in [0.15, 0.2) is 75.2 Å². The van der Waals surface area contributed by atoms with Gasteiger partial charge in [-0.15, -0.1) is 0 Å². The van der Waals surface area contributed by atoms with Crippen LogP contribution in [-0.4, -0.2) is 9.78 Å². The number of hydrogen-bond donors (Lipinski definition) is 0. The molecule has 0 saturated heterocycles. The Morgan fingerprint density at radius 1 is 1.00 bits per heavy atom. The molecule has 2 aliphatic carbocycles. The number of nitrogens with zero attached hydrogens (tertiary/aromatic N) is 2. The molecule has 1 aromatic heterocycles. The maximum Gasteiger partial charge on any atom is -1.00 e. The standard InChI is InChI=1S/C16H11N2.C7H9.2ClH.Zr/c1-2-6-13-10-15(9-12(13)5-1)18-11-14-7-3-4-8-16(14)17-18;1-6-4-3-5-7(6)2;;;/h1-11H;4H,3H2,1-2H3;2*1H;/q;;;;+2/p-2. The second-order valence-corrected chi connectivity index (χ2v) is 10.7. The largest absolute Gasteiger partial charge is 1.00 e. The predicted octanol–water partition coefficient (Wildman–Crippen LogP) is -0.196. The average Bonchev–Trinajstić information content (AvgIpc) is 3.33. The Labute approximate surface area is 189 Å². The summed E-state index contributed by atoms with van der Waals surface area (Å²) in [5.41, 5.74) is 8.32. The third-order valence-electron chi connectivity index (χ3n) is 5.56. The van der Waals surface area contributed by atoms with Crippen molar-refractivity contribution in [2.24, 2.45) is 0 Å². The van der Waals surface area contributed by atoms with Crippen LogP contribution in [0.1, 0.15) is 35.0 Å². The third kappa shape index (κ3) is 3.61. The van der Waals surface area contributed by atoms with Gasteiger partial charge in [0.05, 0.1) is 0 Å². The average molecular weight is 487 g/mol. The predicted molar refractivity (Wildman–Crippen MR) is 104 cm³/mol. The molecule has 140 valence electrons. The van der Waals surface area contributed by atoms with Crippen molar-refractivity contribution in [2.45, 2.75) is 23.9 Å². The monoisotopic (exact) mass is 484 g/mol. The van der Waals surface area contributed by atoms with Gasteiger partial charge in [-0.3, -0.25) is 0 Å². The van der Waals surface area contributed by atoms with Gasteiger partial charge in [-0.1, -0.05) is 0 Å². The van der Waals surface area contributed by atoms with Crippen LogP contribution in [0.4, 0.5) is 0 Å². The molecule has 0 saturated carbocycles. The minimum Gasteiger partial charge on any atom is -1.00 e. The zero-order valence-electron chi connectivity index (χ0n) is 15.8. The van der Waals surface area contributed by atoms with Crippen molar-refractivity contribution in [3.05, 3.63) is 86.4 Å². The number of rotatable bonds is 3. The first-order chi connectivity index (χ1) is 12.7. The van der Waals surface area contributed by atoms with Gasteiger partial charge < -0.3 is 24.8 Å². The molecule has 0 bridgehead atoms. The topological polar surface area (TPSA) is 17.8 Å². The van der Waals surface area contributed by atoms with Gasteiger partial charge in [0.2, 0.25) is 0 Å². The molecule has 5 heteroatoms. The normalized spacial score (nSPS) is 17.4. The van der Waals surface area contributed by atoms with E-state index in [0.29, 0.717) is 3.63 Å². The van der Waals surface area contributed by atoms with E-state index in [1.54, 1.807) is 8.85 Å². The van der Waals surface area contributed by atoms with Crippen LogP contribution < -0.4 is 24.8 Å². The fourth-order valence-corrected chi connectivity index (χ4v) is 8.23. The van der Waals surface area contributed by atoms with Crippen molar-refractivity contribution < 1.29 is 48.0 Å². The van der Waals surface area contributed by atoms with Crippen LogP contribution in [0, 0.1) is 0 Å². The molecule has 5 rings (SSSR count). The van der Waals surface area contributed by atoms with Gasteiger partial charge in [-0.25, -0.2) is 0 Å². The Morgan fingerprint density at radius 3 is 2.50 bits per heavy atom. The van der Waals surface area contributed by atoms with E-state index in [0.717, 1.165) is 11.9 Å². The van der Waals surface area contributed by atoms with Gasteiger partial charge in [0.25, 0.3) is 0 Å². The molecule has 0 fully saturated rings. The molecule has 3 aromatic rings. The summed E-state index contributed by atoms with van der Waals surface area (Å²) < 4.78 is 4.41. The van der Waals surface area contributed by atoms with E-state index in [1.165, 1.54) is 27.8 Å². The van der Waals surface area contributed by atoms with Crippen molar-refractivity contribution >= 4 is 22.7 Å². The van der Waals surface area contributed by atoms with Crippen molar-refractivity contribution in [2.75, 3.05) is 0 Å². The van der Waals surface area contributed by atoms with Gasteiger partial charge in [0, 0.05) is 0 Å². The van der Waals surface area contributed by atoms with Crippen molar-refractivity contribution in [3.8, 4) is 0 Å². The summed E-state index contributed by atoms with van der Waals surface area (Å²) in [7, 11) is 0. The number of allylic oxidation sites excluding steroid dienone is 5. The van der Waals surface area contributed by atoms with E-state index in [9.17, 15) is 0 Å². The van der Waals surface area contributed by atoms with Crippen LogP contribution in [0.5, 0.6) is 0 Å². The second kappa shape index (κ2) is 8.53. The molecule has 0 spiro atoms. The van der Waals surface area contributed by atoms with Gasteiger partial charge in [0.15, 0.2) is 0 Å². The first-order valence-corrected chi connectivity index (χ1v) is 11.7. The summed E-state index contributed by atoms with van der Waals surface area (Å²) in [6, 6.07) is 17.3. The molecule has 2 nitrogen and oxygen atoms in total. The Morgan fingerprint density at radius 2 is 1.75 bits per heavy atom. The van der Waals surface area contributed by atoms with Gasteiger partial charge in [-0.05, 0) is 0 Å². The maximum absolute atomic E-state index is 4.88. The van der Waals surface area contributed by atoms with Crippen LogP contribution in [0.25, 0.3) is 22.7 Å². The quantitative estimate of drug-likeness (QED) is 0.502. The van der Waals surface area contributed by atoms with E-state index >= 15 is 0 Å².